The predicted molar refractivity (Wildman–Crippen MR) is 71.6 cm³/mol. The van der Waals surface area contributed by atoms with Crippen LogP contribution in [0.1, 0.15) is 19.4 Å². The SMILES string of the molecule is CC(C)CNCC(O)Cc1ccccc1Br. The molecule has 0 amide bonds. The van der Waals surface area contributed by atoms with Crippen molar-refractivity contribution in [3.63, 3.8) is 0 Å². The average molecular weight is 286 g/mol. The molecule has 0 saturated heterocycles. The Morgan fingerprint density at radius 1 is 1.25 bits per heavy atom. The lowest BCUT2D eigenvalue weighted by atomic mass is 10.1. The molecule has 16 heavy (non-hydrogen) atoms. The highest BCUT2D eigenvalue weighted by molar-refractivity contribution is 9.10. The van der Waals surface area contributed by atoms with Crippen LogP contribution in [0.4, 0.5) is 0 Å². The molecule has 1 aromatic rings. The van der Waals surface area contributed by atoms with E-state index < -0.39 is 0 Å². The smallest absolute Gasteiger partial charge is 0.0705 e. The summed E-state index contributed by atoms with van der Waals surface area (Å²) in [5.41, 5.74) is 1.15. The maximum absolute atomic E-state index is 9.86. The monoisotopic (exact) mass is 285 g/mol. The normalized spacial score (nSPS) is 13.1. The average Bonchev–Trinajstić information content (AvgIpc) is 2.21. The third-order valence-corrected chi connectivity index (χ3v) is 3.12. The Morgan fingerprint density at radius 2 is 1.94 bits per heavy atom. The first-order chi connectivity index (χ1) is 7.59. The van der Waals surface area contributed by atoms with Crippen LogP contribution in [-0.2, 0) is 6.42 Å². The Morgan fingerprint density at radius 3 is 2.56 bits per heavy atom. The Hall–Kier alpha value is -0.380. The highest BCUT2D eigenvalue weighted by Crippen LogP contribution is 2.17. The van der Waals surface area contributed by atoms with Crippen molar-refractivity contribution < 1.29 is 5.11 Å². The lowest BCUT2D eigenvalue weighted by Gasteiger charge is -2.14. The van der Waals surface area contributed by atoms with E-state index in [0.717, 1.165) is 16.6 Å². The number of aliphatic hydroxyl groups excluding tert-OH is 1. The van der Waals surface area contributed by atoms with Gasteiger partial charge in [0.05, 0.1) is 6.10 Å². The molecule has 0 bridgehead atoms. The number of nitrogens with one attached hydrogen (secondary N) is 1. The van der Waals surface area contributed by atoms with Crippen molar-refractivity contribution >= 4 is 15.9 Å². The molecule has 0 radical (unpaired) electrons. The minimum absolute atomic E-state index is 0.322. The molecule has 0 aliphatic heterocycles. The van der Waals surface area contributed by atoms with Crippen LogP contribution in [0.25, 0.3) is 0 Å². The van der Waals surface area contributed by atoms with Crippen LogP contribution >= 0.6 is 15.9 Å². The fourth-order valence-electron chi connectivity index (χ4n) is 1.53. The van der Waals surface area contributed by atoms with Gasteiger partial charge >= 0.3 is 0 Å². The second-order valence-corrected chi connectivity index (χ2v) is 5.36. The summed E-state index contributed by atoms with van der Waals surface area (Å²) in [5.74, 6) is 0.621. The van der Waals surface area contributed by atoms with Gasteiger partial charge in [-0.2, -0.15) is 0 Å². The van der Waals surface area contributed by atoms with Crippen molar-refractivity contribution in [3.05, 3.63) is 34.3 Å². The van der Waals surface area contributed by atoms with E-state index in [9.17, 15) is 5.11 Å². The fraction of sp³-hybridized carbons (Fsp3) is 0.538. The number of hydrogen-bond donors (Lipinski definition) is 2. The van der Waals surface area contributed by atoms with Gasteiger partial charge in [-0.1, -0.05) is 48.0 Å². The third kappa shape index (κ3) is 5.10. The highest BCUT2D eigenvalue weighted by Gasteiger charge is 2.07. The molecule has 2 nitrogen and oxygen atoms in total. The second kappa shape index (κ2) is 7.05. The van der Waals surface area contributed by atoms with Crippen molar-refractivity contribution in [2.75, 3.05) is 13.1 Å². The summed E-state index contributed by atoms with van der Waals surface area (Å²) in [4.78, 5) is 0. The number of benzene rings is 1. The first-order valence-corrected chi connectivity index (χ1v) is 6.51. The van der Waals surface area contributed by atoms with Crippen molar-refractivity contribution in [2.45, 2.75) is 26.4 Å². The zero-order valence-corrected chi connectivity index (χ0v) is 11.5. The molecule has 1 aromatic carbocycles. The maximum atomic E-state index is 9.86. The topological polar surface area (TPSA) is 32.3 Å². The van der Waals surface area contributed by atoms with Crippen LogP contribution in [-0.4, -0.2) is 24.3 Å². The summed E-state index contributed by atoms with van der Waals surface area (Å²) < 4.78 is 1.07. The Bertz CT molecular complexity index is 315. The molecule has 1 atom stereocenters. The van der Waals surface area contributed by atoms with E-state index in [1.165, 1.54) is 0 Å². The van der Waals surface area contributed by atoms with Gasteiger partial charge in [0.15, 0.2) is 0 Å². The summed E-state index contributed by atoms with van der Waals surface area (Å²) in [5, 5.41) is 13.1. The molecule has 0 fully saturated rings. The number of hydrogen-bond acceptors (Lipinski definition) is 2. The van der Waals surface area contributed by atoms with Crippen molar-refractivity contribution in [2.24, 2.45) is 5.92 Å². The van der Waals surface area contributed by atoms with Crippen molar-refractivity contribution in [1.29, 1.82) is 0 Å². The van der Waals surface area contributed by atoms with Crippen LogP contribution in [0.15, 0.2) is 28.7 Å². The number of aliphatic hydroxyl groups is 1. The second-order valence-electron chi connectivity index (χ2n) is 4.50. The van der Waals surface area contributed by atoms with Crippen molar-refractivity contribution in [1.82, 2.24) is 5.32 Å². The molecule has 0 aromatic heterocycles. The number of rotatable bonds is 6. The van der Waals surface area contributed by atoms with Gasteiger partial charge in [-0.3, -0.25) is 0 Å². The quantitative estimate of drug-likeness (QED) is 0.842. The number of halogens is 1. The molecular formula is C13H20BrNO. The molecule has 1 unspecified atom stereocenters. The first-order valence-electron chi connectivity index (χ1n) is 5.71. The van der Waals surface area contributed by atoms with Crippen LogP contribution in [0.3, 0.4) is 0 Å². The lowest BCUT2D eigenvalue weighted by Crippen LogP contribution is -2.30. The van der Waals surface area contributed by atoms with Gasteiger partial charge in [-0.25, -0.2) is 0 Å². The van der Waals surface area contributed by atoms with Gasteiger partial charge in [-0.15, -0.1) is 0 Å². The van der Waals surface area contributed by atoms with Crippen LogP contribution in [0.5, 0.6) is 0 Å². The highest BCUT2D eigenvalue weighted by atomic mass is 79.9. The Labute approximate surface area is 106 Å². The van der Waals surface area contributed by atoms with Gasteiger partial charge in [0.2, 0.25) is 0 Å². The Balaban J connectivity index is 2.34. The zero-order valence-electron chi connectivity index (χ0n) is 9.91. The summed E-state index contributed by atoms with van der Waals surface area (Å²) in [6.07, 6.45) is 0.365. The first kappa shape index (κ1) is 13.7. The maximum Gasteiger partial charge on any atom is 0.0705 e. The van der Waals surface area contributed by atoms with E-state index in [2.05, 4.69) is 35.1 Å². The lowest BCUT2D eigenvalue weighted by molar-refractivity contribution is 0.170. The van der Waals surface area contributed by atoms with E-state index in [1.807, 2.05) is 24.3 Å². The zero-order chi connectivity index (χ0) is 12.0. The van der Waals surface area contributed by atoms with Crippen molar-refractivity contribution in [3.8, 4) is 0 Å². The van der Waals surface area contributed by atoms with Crippen LogP contribution < -0.4 is 5.32 Å². The largest absolute Gasteiger partial charge is 0.391 e. The van der Waals surface area contributed by atoms with Gasteiger partial charge < -0.3 is 10.4 Å². The van der Waals surface area contributed by atoms with Crippen LogP contribution in [0, 0.1) is 5.92 Å². The fourth-order valence-corrected chi connectivity index (χ4v) is 1.98. The summed E-state index contributed by atoms with van der Waals surface area (Å²) in [6.45, 7) is 5.92. The van der Waals surface area contributed by atoms with E-state index in [4.69, 9.17) is 0 Å². The molecule has 3 heteroatoms. The molecule has 0 saturated carbocycles. The predicted octanol–water partition coefficient (Wildman–Crippen LogP) is 2.60. The van der Waals surface area contributed by atoms with E-state index in [1.54, 1.807) is 0 Å². The van der Waals surface area contributed by atoms with Gasteiger partial charge in [-0.05, 0) is 24.1 Å². The minimum Gasteiger partial charge on any atom is -0.391 e. The van der Waals surface area contributed by atoms with Crippen LogP contribution in [0.2, 0.25) is 0 Å². The van der Waals surface area contributed by atoms with E-state index in [0.29, 0.717) is 18.9 Å². The van der Waals surface area contributed by atoms with Gasteiger partial charge in [0.1, 0.15) is 0 Å². The summed E-state index contributed by atoms with van der Waals surface area (Å²) in [7, 11) is 0. The van der Waals surface area contributed by atoms with E-state index in [-0.39, 0.29) is 6.10 Å². The van der Waals surface area contributed by atoms with Gasteiger partial charge in [0, 0.05) is 17.4 Å². The van der Waals surface area contributed by atoms with Gasteiger partial charge in [0.25, 0.3) is 0 Å². The molecule has 2 N–H and O–H groups in total. The molecular weight excluding hydrogens is 266 g/mol. The minimum atomic E-state index is -0.322. The summed E-state index contributed by atoms with van der Waals surface area (Å²) in [6, 6.07) is 8.02. The third-order valence-electron chi connectivity index (χ3n) is 2.35. The molecule has 1 rings (SSSR count). The van der Waals surface area contributed by atoms with E-state index >= 15 is 0 Å². The molecule has 0 spiro atoms. The molecule has 0 aliphatic carbocycles. The molecule has 0 aliphatic rings. The standard InChI is InChI=1S/C13H20BrNO/c1-10(2)8-15-9-12(16)7-11-5-3-4-6-13(11)14/h3-6,10,12,15-16H,7-9H2,1-2H3. The molecule has 90 valence electrons. The Kier molecular flexibility index (Phi) is 6.03. The summed E-state index contributed by atoms with van der Waals surface area (Å²) >= 11 is 3.48. The molecule has 0 heterocycles.